The summed E-state index contributed by atoms with van der Waals surface area (Å²) in [5.74, 6) is -2.64. The van der Waals surface area contributed by atoms with E-state index in [2.05, 4.69) is 11.6 Å². The van der Waals surface area contributed by atoms with Crippen LogP contribution in [-0.2, 0) is 14.3 Å². The number of aliphatic hydroxyl groups is 1. The van der Waals surface area contributed by atoms with E-state index in [0.29, 0.717) is 11.3 Å². The Bertz CT molecular complexity index is 1560. The first-order valence-corrected chi connectivity index (χ1v) is 12.4. The van der Waals surface area contributed by atoms with Crippen molar-refractivity contribution in [3.63, 3.8) is 0 Å². The number of nitrogens with zero attached hydrogens (tertiary/aromatic N) is 3. The normalized spacial score (nSPS) is 16.3. The molecular formula is C27H23N3O8S. The predicted octanol–water partition coefficient (Wildman–Crippen LogP) is 4.65. The second-order valence-corrected chi connectivity index (χ2v) is 9.48. The first-order chi connectivity index (χ1) is 18.6. The summed E-state index contributed by atoms with van der Waals surface area (Å²) in [6.45, 7) is 6.76. The summed E-state index contributed by atoms with van der Waals surface area (Å²) in [5.41, 5.74) is 0.802. The van der Waals surface area contributed by atoms with Gasteiger partial charge in [-0.3, -0.25) is 24.6 Å². The molecular weight excluding hydrogens is 526 g/mol. The largest absolute Gasteiger partial charge is 0.507 e. The minimum atomic E-state index is -1.27. The number of Topliss-reactive ketones (excluding diaryl/α,β-unsaturated/α-hetero) is 1. The van der Waals surface area contributed by atoms with Gasteiger partial charge in [0.1, 0.15) is 23.0 Å². The number of carbonyl (C=O) groups excluding carboxylic acids is 3. The molecule has 1 atom stereocenters. The van der Waals surface area contributed by atoms with Crippen LogP contribution in [0.1, 0.15) is 38.1 Å². The second kappa shape index (κ2) is 10.9. The summed E-state index contributed by atoms with van der Waals surface area (Å²) >= 11 is 0.825. The number of rotatable bonds is 8. The van der Waals surface area contributed by atoms with E-state index < -0.39 is 34.4 Å². The van der Waals surface area contributed by atoms with Crippen molar-refractivity contribution in [3.05, 3.63) is 98.1 Å². The zero-order valence-electron chi connectivity index (χ0n) is 21.2. The van der Waals surface area contributed by atoms with Gasteiger partial charge >= 0.3 is 11.9 Å². The SMILES string of the molecule is C=CCOC(=O)c1sc(N2C(=O)C(=O)/C(=C(/O)c3ccc(OC)c(C)c3)C2c2cccc([N+](=O)[O-])c2)nc1C. The zero-order valence-corrected chi connectivity index (χ0v) is 22.0. The molecule has 0 spiro atoms. The van der Waals surface area contributed by atoms with E-state index in [1.807, 2.05) is 0 Å². The number of aryl methyl sites for hydroxylation is 2. The van der Waals surface area contributed by atoms with E-state index in [1.54, 1.807) is 26.0 Å². The van der Waals surface area contributed by atoms with Crippen LogP contribution in [0, 0.1) is 24.0 Å². The number of methoxy groups -OCH3 is 1. The number of hydrogen-bond donors (Lipinski definition) is 1. The predicted molar refractivity (Wildman–Crippen MR) is 143 cm³/mol. The van der Waals surface area contributed by atoms with Gasteiger partial charge in [0.25, 0.3) is 11.5 Å². The monoisotopic (exact) mass is 549 g/mol. The Morgan fingerprint density at radius 1 is 1.26 bits per heavy atom. The second-order valence-electron chi connectivity index (χ2n) is 8.50. The highest BCUT2D eigenvalue weighted by atomic mass is 32.1. The summed E-state index contributed by atoms with van der Waals surface area (Å²) < 4.78 is 10.4. The number of non-ortho nitro benzene ring substituents is 1. The molecule has 1 aliphatic rings. The fourth-order valence-electron chi connectivity index (χ4n) is 4.21. The van der Waals surface area contributed by atoms with Crippen molar-refractivity contribution in [2.45, 2.75) is 19.9 Å². The van der Waals surface area contributed by atoms with Gasteiger partial charge in [0.15, 0.2) is 5.13 Å². The van der Waals surface area contributed by atoms with Crippen LogP contribution >= 0.6 is 11.3 Å². The molecule has 1 N–H and O–H groups in total. The van der Waals surface area contributed by atoms with Crippen molar-refractivity contribution in [2.24, 2.45) is 0 Å². The molecule has 3 aromatic rings. The van der Waals surface area contributed by atoms with Gasteiger partial charge in [0.2, 0.25) is 0 Å². The lowest BCUT2D eigenvalue weighted by molar-refractivity contribution is -0.384. The first kappa shape index (κ1) is 27.2. The third kappa shape index (κ3) is 5.01. The highest BCUT2D eigenvalue weighted by Gasteiger charge is 2.48. The molecule has 11 nitrogen and oxygen atoms in total. The summed E-state index contributed by atoms with van der Waals surface area (Å²) in [4.78, 5) is 55.7. The number of nitro groups is 1. The van der Waals surface area contributed by atoms with Gasteiger partial charge in [-0.05, 0) is 43.2 Å². The van der Waals surface area contributed by atoms with E-state index >= 15 is 0 Å². The van der Waals surface area contributed by atoms with Gasteiger partial charge in [-0.2, -0.15) is 0 Å². The number of aromatic nitrogens is 1. The number of carbonyl (C=O) groups is 3. The summed E-state index contributed by atoms with van der Waals surface area (Å²) in [6, 6.07) is 8.86. The van der Waals surface area contributed by atoms with E-state index in [1.165, 1.54) is 43.5 Å². The Kier molecular flexibility index (Phi) is 7.58. The van der Waals surface area contributed by atoms with Crippen LogP contribution in [0.5, 0.6) is 5.75 Å². The van der Waals surface area contributed by atoms with Gasteiger partial charge in [-0.25, -0.2) is 9.78 Å². The Morgan fingerprint density at radius 3 is 2.64 bits per heavy atom. The minimum absolute atomic E-state index is 0.0124. The number of anilines is 1. The van der Waals surface area contributed by atoms with Crippen LogP contribution in [0.4, 0.5) is 10.8 Å². The van der Waals surface area contributed by atoms with Gasteiger partial charge in [-0.15, -0.1) is 0 Å². The smallest absolute Gasteiger partial charge is 0.350 e. The van der Waals surface area contributed by atoms with Crippen LogP contribution in [-0.4, -0.2) is 46.4 Å². The van der Waals surface area contributed by atoms with Gasteiger partial charge in [0, 0.05) is 17.7 Å². The van der Waals surface area contributed by atoms with Gasteiger partial charge < -0.3 is 14.6 Å². The molecule has 39 heavy (non-hydrogen) atoms. The molecule has 0 bridgehead atoms. The van der Waals surface area contributed by atoms with Crippen LogP contribution in [0.25, 0.3) is 5.76 Å². The molecule has 0 radical (unpaired) electrons. The number of ketones is 1. The lowest BCUT2D eigenvalue weighted by atomic mass is 9.94. The molecule has 0 aliphatic carbocycles. The van der Waals surface area contributed by atoms with Crippen molar-refractivity contribution in [2.75, 3.05) is 18.6 Å². The highest BCUT2D eigenvalue weighted by Crippen LogP contribution is 2.44. The number of esters is 1. The fraction of sp³-hybridized carbons (Fsp3) is 0.185. The maximum atomic E-state index is 13.4. The first-order valence-electron chi connectivity index (χ1n) is 11.5. The van der Waals surface area contributed by atoms with E-state index in [-0.39, 0.29) is 44.7 Å². The molecule has 1 fully saturated rings. The third-order valence-electron chi connectivity index (χ3n) is 6.02. The number of aliphatic hydroxyl groups excluding tert-OH is 1. The lowest BCUT2D eigenvalue weighted by Gasteiger charge is -2.23. The molecule has 1 amide bonds. The Hall–Kier alpha value is -4.84. The van der Waals surface area contributed by atoms with Gasteiger partial charge in [-0.1, -0.05) is 36.1 Å². The standard InChI is InChI=1S/C27H23N3O8S/c1-5-11-38-26(34)24-15(3)28-27(39-24)29-21(16-7-6-8-18(13-16)30(35)36)20(23(32)25(29)33)22(31)17-9-10-19(37-4)14(2)12-17/h5-10,12-13,21,31H,1,11H2,2-4H3/b22-20+. The van der Waals surface area contributed by atoms with Crippen LogP contribution < -0.4 is 9.64 Å². The molecule has 1 saturated heterocycles. The molecule has 200 valence electrons. The maximum absolute atomic E-state index is 13.4. The van der Waals surface area contributed by atoms with Crippen LogP contribution in [0.15, 0.2) is 60.7 Å². The summed E-state index contributed by atoms with van der Waals surface area (Å²) in [5, 5.41) is 22.8. The number of benzene rings is 2. The van der Waals surface area contributed by atoms with Crippen molar-refractivity contribution in [1.29, 1.82) is 0 Å². The minimum Gasteiger partial charge on any atom is -0.507 e. The number of hydrogen-bond acceptors (Lipinski definition) is 10. The van der Waals surface area contributed by atoms with Crippen molar-refractivity contribution >= 4 is 45.6 Å². The fourth-order valence-corrected chi connectivity index (χ4v) is 5.20. The average molecular weight is 550 g/mol. The molecule has 2 heterocycles. The van der Waals surface area contributed by atoms with Crippen molar-refractivity contribution in [3.8, 4) is 5.75 Å². The third-order valence-corrected chi connectivity index (χ3v) is 7.16. The number of amides is 1. The molecule has 4 rings (SSSR count). The number of ether oxygens (including phenoxy) is 2. The van der Waals surface area contributed by atoms with Crippen molar-refractivity contribution < 1.29 is 33.9 Å². The molecule has 12 heteroatoms. The molecule has 1 unspecified atom stereocenters. The molecule has 2 aromatic carbocycles. The lowest BCUT2D eigenvalue weighted by Crippen LogP contribution is -2.29. The van der Waals surface area contributed by atoms with Crippen LogP contribution in [0.3, 0.4) is 0 Å². The van der Waals surface area contributed by atoms with Crippen molar-refractivity contribution in [1.82, 2.24) is 4.98 Å². The summed E-state index contributed by atoms with van der Waals surface area (Å²) in [7, 11) is 1.49. The maximum Gasteiger partial charge on any atom is 0.350 e. The Morgan fingerprint density at radius 2 is 2.00 bits per heavy atom. The molecule has 1 aromatic heterocycles. The number of thiazole rings is 1. The molecule has 0 saturated carbocycles. The number of nitro benzene ring substituents is 1. The van der Waals surface area contributed by atoms with Gasteiger partial charge in [0.05, 0.1) is 29.3 Å². The Labute approximate surface area is 226 Å². The van der Waals surface area contributed by atoms with E-state index in [9.17, 15) is 29.6 Å². The van der Waals surface area contributed by atoms with E-state index in [0.717, 1.165) is 16.2 Å². The summed E-state index contributed by atoms with van der Waals surface area (Å²) in [6.07, 6.45) is 1.40. The zero-order chi connectivity index (χ0) is 28.4. The Balaban J connectivity index is 1.93. The topological polar surface area (TPSA) is 149 Å². The highest BCUT2D eigenvalue weighted by molar-refractivity contribution is 7.17. The molecule has 1 aliphatic heterocycles. The van der Waals surface area contributed by atoms with E-state index in [4.69, 9.17) is 9.47 Å². The van der Waals surface area contributed by atoms with Crippen LogP contribution in [0.2, 0.25) is 0 Å². The quantitative estimate of drug-likeness (QED) is 0.0806. The average Bonchev–Trinajstić information content (AvgIpc) is 3.43.